The van der Waals surface area contributed by atoms with Crippen LogP contribution in [0.25, 0.3) is 0 Å². The highest BCUT2D eigenvalue weighted by molar-refractivity contribution is 9.10. The van der Waals surface area contributed by atoms with Gasteiger partial charge >= 0.3 is 0 Å². The molecule has 0 spiro atoms. The Morgan fingerprint density at radius 1 is 1.11 bits per heavy atom. The fourth-order valence-electron chi connectivity index (χ4n) is 3.50. The molecule has 4 heterocycles. The number of rotatable bonds is 1. The molecule has 0 aromatic heterocycles. The fourth-order valence-corrected chi connectivity index (χ4v) is 3.77. The van der Waals surface area contributed by atoms with Crippen molar-refractivity contribution in [3.05, 3.63) is 34.3 Å². The largest absolute Gasteiger partial charge is 0.315 e. The van der Waals surface area contributed by atoms with Crippen molar-refractivity contribution < 1.29 is 19.2 Å². The Kier molecular flexibility index (Phi) is 2.33. The number of benzene rings is 1. The molecule has 0 radical (unpaired) electrons. The van der Waals surface area contributed by atoms with E-state index >= 15 is 0 Å². The molecule has 1 aromatic rings. The highest BCUT2D eigenvalue weighted by atomic mass is 79.9. The van der Waals surface area contributed by atoms with Gasteiger partial charge in [0, 0.05) is 16.5 Å². The van der Waals surface area contributed by atoms with Crippen LogP contribution < -0.4 is 0 Å². The summed E-state index contributed by atoms with van der Waals surface area (Å²) in [6, 6.07) is 7.97. The van der Waals surface area contributed by atoms with Gasteiger partial charge in [0.15, 0.2) is 5.79 Å². The van der Waals surface area contributed by atoms with Crippen LogP contribution in [0.5, 0.6) is 0 Å². The van der Waals surface area contributed by atoms with Crippen LogP contribution in [-0.2, 0) is 25.0 Å². The third-order valence-corrected chi connectivity index (χ3v) is 4.87. The van der Waals surface area contributed by atoms with Gasteiger partial charge in [-0.15, -0.1) is 0 Å². The van der Waals surface area contributed by atoms with Crippen molar-refractivity contribution in [2.24, 2.45) is 5.92 Å². The number of fused-ring (bicyclic) bond motifs is 1. The summed E-state index contributed by atoms with van der Waals surface area (Å²) < 4.78 is 13.1. The maximum absolute atomic E-state index is 6.16. The zero-order chi connectivity index (χ0) is 13.3. The fraction of sp³-hybridized carbons (Fsp3) is 0.571. The van der Waals surface area contributed by atoms with Gasteiger partial charge in [-0.2, -0.15) is 9.78 Å². The van der Waals surface area contributed by atoms with Gasteiger partial charge in [0.1, 0.15) is 0 Å². The van der Waals surface area contributed by atoms with Crippen LogP contribution in [0.3, 0.4) is 0 Å². The highest BCUT2D eigenvalue weighted by Gasteiger charge is 2.72. The Morgan fingerprint density at radius 2 is 1.84 bits per heavy atom. The van der Waals surface area contributed by atoms with Crippen LogP contribution in [0, 0.1) is 5.92 Å². The maximum atomic E-state index is 6.16. The molecule has 4 atom stereocenters. The molecule has 4 saturated heterocycles. The van der Waals surface area contributed by atoms with E-state index in [1.54, 1.807) is 0 Å². The quantitative estimate of drug-likeness (QED) is 0.741. The SMILES string of the molecule is C[C@@]12CC[C@@H]3[C@@](C)(OO[C@]3(c3ccc(Br)cc3)O1)O2. The molecule has 102 valence electrons. The lowest BCUT2D eigenvalue weighted by Gasteiger charge is -2.54. The van der Waals surface area contributed by atoms with Gasteiger partial charge in [0.2, 0.25) is 11.6 Å². The average molecular weight is 327 g/mol. The smallest absolute Gasteiger partial charge is 0.238 e. The first-order valence-electron chi connectivity index (χ1n) is 6.49. The predicted octanol–water partition coefficient (Wildman–Crippen LogP) is 3.45. The first-order chi connectivity index (χ1) is 8.96. The number of halogens is 1. The van der Waals surface area contributed by atoms with E-state index in [9.17, 15) is 0 Å². The molecule has 0 N–H and O–H groups in total. The van der Waals surface area contributed by atoms with E-state index in [2.05, 4.69) is 15.9 Å². The Morgan fingerprint density at radius 3 is 2.53 bits per heavy atom. The van der Waals surface area contributed by atoms with E-state index in [1.165, 1.54) is 0 Å². The lowest BCUT2D eigenvalue weighted by molar-refractivity contribution is -0.433. The average Bonchev–Trinajstić information content (AvgIpc) is 2.58. The Balaban J connectivity index is 1.84. The Bertz CT molecular complexity index is 533. The second-order valence-corrected chi connectivity index (χ2v) is 6.70. The van der Waals surface area contributed by atoms with Gasteiger partial charge < -0.3 is 9.47 Å². The molecule has 4 aliphatic heterocycles. The van der Waals surface area contributed by atoms with Crippen LogP contribution in [0.1, 0.15) is 32.3 Å². The van der Waals surface area contributed by atoms with Crippen LogP contribution >= 0.6 is 15.9 Å². The lowest BCUT2D eigenvalue weighted by atomic mass is 9.76. The number of hydrogen-bond acceptors (Lipinski definition) is 4. The standard InChI is InChI=1S/C14H15BrO4/c1-12-8-7-11-13(2,16-12)18-19-14(11,17-12)9-3-5-10(15)6-4-9/h3-6,11H,7-8H2,1-2H3/t11-,12+,13-,14+/m1/s1. The minimum absolute atomic E-state index is 0.0444. The first-order valence-corrected chi connectivity index (χ1v) is 7.28. The first kappa shape index (κ1) is 12.3. The van der Waals surface area contributed by atoms with Crippen molar-refractivity contribution >= 4 is 15.9 Å². The molecular formula is C14H15BrO4. The molecule has 5 rings (SSSR count). The van der Waals surface area contributed by atoms with Gasteiger partial charge in [0.25, 0.3) is 0 Å². The molecule has 0 amide bonds. The van der Waals surface area contributed by atoms with Crippen LogP contribution in [-0.4, -0.2) is 11.6 Å². The van der Waals surface area contributed by atoms with Crippen molar-refractivity contribution in [1.29, 1.82) is 0 Å². The van der Waals surface area contributed by atoms with Crippen LogP contribution in [0.4, 0.5) is 0 Å². The third-order valence-electron chi connectivity index (χ3n) is 4.34. The zero-order valence-corrected chi connectivity index (χ0v) is 12.4. The Hall–Kier alpha value is -0.460. The van der Waals surface area contributed by atoms with E-state index in [-0.39, 0.29) is 5.92 Å². The maximum Gasteiger partial charge on any atom is 0.238 e. The molecule has 4 aliphatic rings. The van der Waals surface area contributed by atoms with Crippen molar-refractivity contribution in [1.82, 2.24) is 0 Å². The normalized spacial score (nSPS) is 47.6. The lowest BCUT2D eigenvalue weighted by Crippen LogP contribution is -2.62. The minimum Gasteiger partial charge on any atom is -0.315 e. The molecule has 4 nitrogen and oxygen atoms in total. The van der Waals surface area contributed by atoms with Gasteiger partial charge in [-0.05, 0) is 32.4 Å². The van der Waals surface area contributed by atoms with E-state index in [0.717, 1.165) is 22.9 Å². The summed E-state index contributed by atoms with van der Waals surface area (Å²) in [7, 11) is 0. The molecular weight excluding hydrogens is 312 g/mol. The molecule has 19 heavy (non-hydrogen) atoms. The summed E-state index contributed by atoms with van der Waals surface area (Å²) >= 11 is 3.44. The molecule has 4 bridgehead atoms. The molecule has 4 fully saturated rings. The molecule has 5 heteroatoms. The summed E-state index contributed by atoms with van der Waals surface area (Å²) in [4.78, 5) is 11.1. The minimum atomic E-state index is -0.847. The second kappa shape index (κ2) is 3.59. The predicted molar refractivity (Wildman–Crippen MR) is 69.7 cm³/mol. The van der Waals surface area contributed by atoms with Gasteiger partial charge in [-0.25, -0.2) is 0 Å². The van der Waals surface area contributed by atoms with Crippen LogP contribution in [0.2, 0.25) is 0 Å². The van der Waals surface area contributed by atoms with Crippen molar-refractivity contribution in [3.63, 3.8) is 0 Å². The van der Waals surface area contributed by atoms with Crippen molar-refractivity contribution in [2.75, 3.05) is 0 Å². The van der Waals surface area contributed by atoms with E-state index < -0.39 is 17.4 Å². The van der Waals surface area contributed by atoms with Gasteiger partial charge in [-0.3, -0.25) is 0 Å². The van der Waals surface area contributed by atoms with Crippen molar-refractivity contribution in [3.8, 4) is 0 Å². The summed E-state index contributed by atoms with van der Waals surface area (Å²) in [6.45, 7) is 3.88. The zero-order valence-electron chi connectivity index (χ0n) is 10.8. The van der Waals surface area contributed by atoms with Gasteiger partial charge in [-0.1, -0.05) is 28.1 Å². The van der Waals surface area contributed by atoms with E-state index in [0.29, 0.717) is 0 Å². The summed E-state index contributed by atoms with van der Waals surface area (Å²) in [5.74, 6) is -2.17. The molecule has 0 unspecified atom stereocenters. The monoisotopic (exact) mass is 326 g/mol. The summed E-state index contributed by atoms with van der Waals surface area (Å²) in [5, 5.41) is 0. The third kappa shape index (κ3) is 1.53. The number of hydrogen-bond donors (Lipinski definition) is 0. The van der Waals surface area contributed by atoms with E-state index in [4.69, 9.17) is 19.2 Å². The molecule has 1 aromatic carbocycles. The van der Waals surface area contributed by atoms with E-state index in [1.807, 2.05) is 38.1 Å². The van der Waals surface area contributed by atoms with Crippen molar-refractivity contribution in [2.45, 2.75) is 44.1 Å². The Labute approximate surface area is 120 Å². The second-order valence-electron chi connectivity index (χ2n) is 5.79. The molecule has 0 aliphatic carbocycles. The summed E-state index contributed by atoms with van der Waals surface area (Å²) in [5.41, 5.74) is 0.971. The number of ether oxygens (including phenoxy) is 2. The summed E-state index contributed by atoms with van der Waals surface area (Å²) in [6.07, 6.45) is 1.82. The van der Waals surface area contributed by atoms with Crippen LogP contribution in [0.15, 0.2) is 28.7 Å². The topological polar surface area (TPSA) is 36.9 Å². The highest BCUT2D eigenvalue weighted by Crippen LogP contribution is 2.62. The molecule has 0 saturated carbocycles. The van der Waals surface area contributed by atoms with Gasteiger partial charge in [0.05, 0.1) is 5.92 Å².